The van der Waals surface area contributed by atoms with Crippen molar-refractivity contribution < 1.29 is 22.8 Å². The summed E-state index contributed by atoms with van der Waals surface area (Å²) < 4.78 is 29.7. The van der Waals surface area contributed by atoms with Crippen molar-refractivity contribution in [3.05, 3.63) is 60.2 Å². The minimum atomic E-state index is -3.48. The molecule has 0 unspecified atom stereocenters. The molecular weight excluding hydrogens is 342 g/mol. The van der Waals surface area contributed by atoms with Crippen LogP contribution in [-0.4, -0.2) is 33.3 Å². The average Bonchev–Trinajstić information content (AvgIpc) is 2.61. The van der Waals surface area contributed by atoms with E-state index in [2.05, 4.69) is 5.48 Å². The lowest BCUT2D eigenvalue weighted by Gasteiger charge is -2.08. The van der Waals surface area contributed by atoms with Gasteiger partial charge in [-0.05, 0) is 31.2 Å². The number of aryl methyl sites for hydroxylation is 1. The predicted molar refractivity (Wildman–Crippen MR) is 93.9 cm³/mol. The van der Waals surface area contributed by atoms with Gasteiger partial charge in [-0.3, -0.25) is 9.63 Å². The summed E-state index contributed by atoms with van der Waals surface area (Å²) in [7, 11) is -3.48. The number of hydrogen-bond donors (Lipinski definition) is 1. The summed E-state index contributed by atoms with van der Waals surface area (Å²) in [6, 6.07) is 15.8. The van der Waals surface area contributed by atoms with Crippen LogP contribution in [0.15, 0.2) is 59.5 Å². The fourth-order valence-electron chi connectivity index (χ4n) is 1.99. The first-order valence-electron chi connectivity index (χ1n) is 7.85. The molecule has 0 fully saturated rings. The summed E-state index contributed by atoms with van der Waals surface area (Å²) >= 11 is 0. The third-order valence-electron chi connectivity index (χ3n) is 3.36. The molecule has 25 heavy (non-hydrogen) atoms. The Kier molecular flexibility index (Phi) is 6.97. The van der Waals surface area contributed by atoms with Gasteiger partial charge in [0.05, 0.1) is 10.6 Å². The average molecular weight is 363 g/mol. The molecule has 0 heterocycles. The number of para-hydroxylation sites is 1. The maximum atomic E-state index is 12.1. The van der Waals surface area contributed by atoms with Crippen LogP contribution < -0.4 is 10.2 Å². The molecule has 0 spiro atoms. The quantitative estimate of drug-likeness (QED) is 0.546. The Labute approximate surface area is 147 Å². The lowest BCUT2D eigenvalue weighted by atomic mass is 10.2. The highest BCUT2D eigenvalue weighted by atomic mass is 32.2. The van der Waals surface area contributed by atoms with E-state index in [1.807, 2.05) is 37.3 Å². The predicted octanol–water partition coefficient (Wildman–Crippen LogP) is 2.29. The molecule has 0 atom stereocenters. The zero-order chi connectivity index (χ0) is 18.1. The normalized spacial score (nSPS) is 11.1. The van der Waals surface area contributed by atoms with Gasteiger partial charge < -0.3 is 4.74 Å². The Bertz CT molecular complexity index is 773. The van der Waals surface area contributed by atoms with Crippen LogP contribution in [0.2, 0.25) is 0 Å². The van der Waals surface area contributed by atoms with Gasteiger partial charge in [0.2, 0.25) is 5.91 Å². The monoisotopic (exact) mass is 363 g/mol. The Balaban J connectivity index is 1.65. The van der Waals surface area contributed by atoms with E-state index in [0.29, 0.717) is 5.75 Å². The van der Waals surface area contributed by atoms with Crippen LogP contribution in [-0.2, 0) is 19.5 Å². The smallest absolute Gasteiger partial charge is 0.244 e. The number of hydrogen-bond acceptors (Lipinski definition) is 5. The molecule has 0 aliphatic rings. The lowest BCUT2D eigenvalue weighted by molar-refractivity contribution is -0.133. The van der Waals surface area contributed by atoms with Gasteiger partial charge in [0.25, 0.3) is 0 Å². The minimum absolute atomic E-state index is 0.158. The zero-order valence-electron chi connectivity index (χ0n) is 14.0. The van der Waals surface area contributed by atoms with Gasteiger partial charge in [-0.1, -0.05) is 35.9 Å². The summed E-state index contributed by atoms with van der Waals surface area (Å²) in [5.74, 6) is -0.0526. The van der Waals surface area contributed by atoms with Crippen molar-refractivity contribution in [3.63, 3.8) is 0 Å². The van der Waals surface area contributed by atoms with Crippen LogP contribution in [0.25, 0.3) is 0 Å². The molecule has 0 aliphatic carbocycles. The Hall–Kier alpha value is -2.38. The molecule has 0 saturated carbocycles. The minimum Gasteiger partial charge on any atom is -0.491 e. The largest absolute Gasteiger partial charge is 0.491 e. The molecule has 2 aromatic carbocycles. The highest BCUT2D eigenvalue weighted by Crippen LogP contribution is 2.13. The van der Waals surface area contributed by atoms with E-state index in [1.54, 1.807) is 24.3 Å². The molecule has 2 aromatic rings. The number of benzene rings is 2. The van der Waals surface area contributed by atoms with Gasteiger partial charge in [-0.15, -0.1) is 0 Å². The van der Waals surface area contributed by atoms with Gasteiger partial charge in [-0.25, -0.2) is 13.9 Å². The van der Waals surface area contributed by atoms with Gasteiger partial charge in [0.1, 0.15) is 19.0 Å². The van der Waals surface area contributed by atoms with Gasteiger partial charge in [0.15, 0.2) is 9.84 Å². The molecule has 0 bridgehead atoms. The number of hydroxylamine groups is 1. The number of sulfone groups is 1. The van der Waals surface area contributed by atoms with Crippen LogP contribution >= 0.6 is 0 Å². The number of nitrogens with one attached hydrogen (secondary N) is 1. The standard InChI is InChI=1S/C18H21NO5S/c1-15-7-9-17(10-8-15)25(21,22)14-11-18(20)19-24-13-12-23-16-5-3-2-4-6-16/h2-10H,11-14H2,1H3,(H,19,20). The first-order chi connectivity index (χ1) is 12.0. The molecule has 0 radical (unpaired) electrons. The summed E-state index contributed by atoms with van der Waals surface area (Å²) in [6.45, 7) is 2.31. The first kappa shape index (κ1) is 19.0. The molecule has 1 N–H and O–H groups in total. The number of carbonyl (C=O) groups is 1. The third kappa shape index (κ3) is 6.56. The summed E-state index contributed by atoms with van der Waals surface area (Å²) in [6.07, 6.45) is -0.171. The maximum absolute atomic E-state index is 12.1. The number of ether oxygens (including phenoxy) is 1. The maximum Gasteiger partial charge on any atom is 0.244 e. The van der Waals surface area contributed by atoms with Crippen molar-refractivity contribution in [2.45, 2.75) is 18.2 Å². The first-order valence-corrected chi connectivity index (χ1v) is 9.50. The summed E-state index contributed by atoms with van der Waals surface area (Å²) in [4.78, 5) is 16.9. The highest BCUT2D eigenvalue weighted by molar-refractivity contribution is 7.91. The van der Waals surface area contributed by atoms with E-state index in [1.165, 1.54) is 0 Å². The number of rotatable bonds is 9. The SMILES string of the molecule is Cc1ccc(S(=O)(=O)CCC(=O)NOCCOc2ccccc2)cc1. The van der Waals surface area contributed by atoms with Crippen LogP contribution in [0.4, 0.5) is 0 Å². The van der Waals surface area contributed by atoms with Crippen LogP contribution in [0.5, 0.6) is 5.75 Å². The second-order valence-electron chi connectivity index (χ2n) is 5.42. The molecule has 0 saturated heterocycles. The summed E-state index contributed by atoms with van der Waals surface area (Å²) in [5, 5.41) is 0. The second kappa shape index (κ2) is 9.19. The summed E-state index contributed by atoms with van der Waals surface area (Å²) in [5.41, 5.74) is 3.19. The van der Waals surface area contributed by atoms with Crippen LogP contribution in [0.3, 0.4) is 0 Å². The molecular formula is C18H21NO5S. The molecule has 1 amide bonds. The number of carbonyl (C=O) groups excluding carboxylic acids is 1. The van der Waals surface area contributed by atoms with E-state index in [-0.39, 0.29) is 30.3 Å². The van der Waals surface area contributed by atoms with Crippen molar-refractivity contribution >= 4 is 15.7 Å². The third-order valence-corrected chi connectivity index (χ3v) is 5.09. The molecule has 0 aliphatic heterocycles. The van der Waals surface area contributed by atoms with Crippen molar-refractivity contribution in [3.8, 4) is 5.75 Å². The van der Waals surface area contributed by atoms with E-state index in [4.69, 9.17) is 9.57 Å². The van der Waals surface area contributed by atoms with Crippen molar-refractivity contribution in [1.82, 2.24) is 5.48 Å². The molecule has 2 rings (SSSR count). The molecule has 0 aromatic heterocycles. The highest BCUT2D eigenvalue weighted by Gasteiger charge is 2.16. The number of amides is 1. The fourth-order valence-corrected chi connectivity index (χ4v) is 3.23. The van der Waals surface area contributed by atoms with E-state index in [9.17, 15) is 13.2 Å². The van der Waals surface area contributed by atoms with Crippen LogP contribution in [0.1, 0.15) is 12.0 Å². The van der Waals surface area contributed by atoms with Gasteiger partial charge in [-0.2, -0.15) is 0 Å². The van der Waals surface area contributed by atoms with Crippen molar-refractivity contribution in [1.29, 1.82) is 0 Å². The zero-order valence-corrected chi connectivity index (χ0v) is 14.8. The Morgan fingerprint density at radius 3 is 2.36 bits per heavy atom. The van der Waals surface area contributed by atoms with Gasteiger partial charge in [0, 0.05) is 6.42 Å². The topological polar surface area (TPSA) is 81.7 Å². The molecule has 7 heteroatoms. The van der Waals surface area contributed by atoms with Crippen LogP contribution in [0, 0.1) is 6.92 Å². The van der Waals surface area contributed by atoms with Crippen molar-refractivity contribution in [2.24, 2.45) is 0 Å². The Morgan fingerprint density at radius 1 is 1.00 bits per heavy atom. The van der Waals surface area contributed by atoms with E-state index < -0.39 is 15.7 Å². The molecule has 6 nitrogen and oxygen atoms in total. The van der Waals surface area contributed by atoms with Gasteiger partial charge >= 0.3 is 0 Å². The fraction of sp³-hybridized carbons (Fsp3) is 0.278. The second-order valence-corrected chi connectivity index (χ2v) is 7.53. The van der Waals surface area contributed by atoms with Crippen molar-refractivity contribution in [2.75, 3.05) is 19.0 Å². The van der Waals surface area contributed by atoms with E-state index >= 15 is 0 Å². The lowest BCUT2D eigenvalue weighted by Crippen LogP contribution is -2.27. The Morgan fingerprint density at radius 2 is 1.68 bits per heavy atom. The van der Waals surface area contributed by atoms with E-state index in [0.717, 1.165) is 5.56 Å². The molecule has 134 valence electrons.